The molecule has 0 amide bonds. The van der Waals surface area contributed by atoms with Crippen molar-refractivity contribution in [1.29, 1.82) is 0 Å². The van der Waals surface area contributed by atoms with Crippen molar-refractivity contribution in [2.75, 3.05) is 6.61 Å². The monoisotopic (exact) mass is 225 g/mol. The number of hydrogen-bond acceptors (Lipinski definition) is 3. The van der Waals surface area contributed by atoms with Crippen LogP contribution in [0.4, 0.5) is 0 Å². The van der Waals surface area contributed by atoms with E-state index in [4.69, 9.17) is 10.5 Å². The summed E-state index contributed by atoms with van der Waals surface area (Å²) in [7, 11) is 0. The molecule has 0 radical (unpaired) electrons. The van der Waals surface area contributed by atoms with E-state index < -0.39 is 5.54 Å². The van der Waals surface area contributed by atoms with Crippen LogP contribution < -0.4 is 5.73 Å². The number of Topliss-reactive ketones (excluding diaryl/α,β-unsaturated/α-hetero) is 1. The summed E-state index contributed by atoms with van der Waals surface area (Å²) < 4.78 is 5.54. The molecule has 0 spiro atoms. The molecule has 2 unspecified atom stereocenters. The van der Waals surface area contributed by atoms with E-state index in [1.165, 1.54) is 6.42 Å². The van der Waals surface area contributed by atoms with Gasteiger partial charge in [-0.2, -0.15) is 0 Å². The van der Waals surface area contributed by atoms with Gasteiger partial charge in [0.15, 0.2) is 5.78 Å². The van der Waals surface area contributed by atoms with E-state index in [2.05, 4.69) is 0 Å². The van der Waals surface area contributed by atoms with E-state index in [0.717, 1.165) is 38.7 Å². The Morgan fingerprint density at radius 1 is 1.44 bits per heavy atom. The van der Waals surface area contributed by atoms with Crippen LogP contribution in [0.2, 0.25) is 0 Å². The zero-order valence-electron chi connectivity index (χ0n) is 10.2. The van der Waals surface area contributed by atoms with Crippen LogP contribution in [0, 0.1) is 5.92 Å². The quantitative estimate of drug-likeness (QED) is 0.752. The lowest BCUT2D eigenvalue weighted by Crippen LogP contribution is -2.47. The second kappa shape index (κ2) is 4.84. The van der Waals surface area contributed by atoms with Crippen molar-refractivity contribution in [3.63, 3.8) is 0 Å². The van der Waals surface area contributed by atoms with Crippen molar-refractivity contribution in [3.05, 3.63) is 0 Å². The number of ether oxygens (including phenoxy) is 1. The molecule has 0 aromatic carbocycles. The van der Waals surface area contributed by atoms with Crippen LogP contribution >= 0.6 is 0 Å². The fraction of sp³-hybridized carbons (Fsp3) is 0.923. The van der Waals surface area contributed by atoms with E-state index >= 15 is 0 Å². The van der Waals surface area contributed by atoms with E-state index in [1.807, 2.05) is 6.92 Å². The van der Waals surface area contributed by atoms with Gasteiger partial charge in [0, 0.05) is 13.0 Å². The van der Waals surface area contributed by atoms with Crippen molar-refractivity contribution in [3.8, 4) is 0 Å². The highest BCUT2D eigenvalue weighted by Crippen LogP contribution is 2.39. The van der Waals surface area contributed by atoms with Crippen LogP contribution in [0.5, 0.6) is 0 Å². The van der Waals surface area contributed by atoms with E-state index in [1.54, 1.807) is 0 Å². The number of nitrogens with two attached hydrogens (primary N) is 1. The van der Waals surface area contributed by atoms with Gasteiger partial charge in [0.2, 0.25) is 0 Å². The predicted molar refractivity (Wildman–Crippen MR) is 63.1 cm³/mol. The average molecular weight is 225 g/mol. The Morgan fingerprint density at radius 3 is 2.75 bits per heavy atom. The van der Waals surface area contributed by atoms with Crippen molar-refractivity contribution in [2.24, 2.45) is 11.7 Å². The molecule has 0 aromatic rings. The maximum atomic E-state index is 12.0. The summed E-state index contributed by atoms with van der Waals surface area (Å²) in [5.41, 5.74) is 5.52. The van der Waals surface area contributed by atoms with Crippen molar-refractivity contribution in [1.82, 2.24) is 0 Å². The Bertz CT molecular complexity index is 253. The van der Waals surface area contributed by atoms with Gasteiger partial charge in [-0.05, 0) is 51.4 Å². The van der Waals surface area contributed by atoms with Gasteiger partial charge in [-0.25, -0.2) is 0 Å². The first kappa shape index (κ1) is 12.1. The van der Waals surface area contributed by atoms with Gasteiger partial charge in [0.25, 0.3) is 0 Å². The molecule has 1 heterocycles. The molecule has 0 bridgehead atoms. The summed E-state index contributed by atoms with van der Waals surface area (Å²) in [6.45, 7) is 2.80. The molecule has 3 heteroatoms. The Morgan fingerprint density at radius 2 is 2.19 bits per heavy atom. The summed E-state index contributed by atoms with van der Waals surface area (Å²) in [5.74, 6) is 0.690. The molecular weight excluding hydrogens is 202 g/mol. The van der Waals surface area contributed by atoms with Crippen LogP contribution in [0.1, 0.15) is 51.9 Å². The molecule has 92 valence electrons. The van der Waals surface area contributed by atoms with Gasteiger partial charge in [0.1, 0.15) is 0 Å². The van der Waals surface area contributed by atoms with Gasteiger partial charge in [-0.1, -0.05) is 0 Å². The second-order valence-corrected chi connectivity index (χ2v) is 5.51. The first-order chi connectivity index (χ1) is 7.60. The molecule has 1 saturated heterocycles. The number of carbonyl (C=O) groups excluding carboxylic acids is 1. The molecule has 1 aliphatic heterocycles. The number of ketones is 1. The van der Waals surface area contributed by atoms with Gasteiger partial charge >= 0.3 is 0 Å². The van der Waals surface area contributed by atoms with Crippen molar-refractivity contribution >= 4 is 5.78 Å². The number of carbonyl (C=O) groups is 1. The molecule has 2 N–H and O–H groups in total. The van der Waals surface area contributed by atoms with Crippen LogP contribution in [0.3, 0.4) is 0 Å². The normalized spacial score (nSPS) is 29.0. The molecule has 1 aliphatic carbocycles. The topological polar surface area (TPSA) is 52.3 Å². The van der Waals surface area contributed by atoms with Crippen LogP contribution in [0.15, 0.2) is 0 Å². The van der Waals surface area contributed by atoms with Crippen LogP contribution in [-0.4, -0.2) is 24.0 Å². The van der Waals surface area contributed by atoms with Gasteiger partial charge < -0.3 is 10.5 Å². The number of rotatable bonds is 6. The van der Waals surface area contributed by atoms with E-state index in [-0.39, 0.29) is 5.78 Å². The third-order valence-corrected chi connectivity index (χ3v) is 3.98. The van der Waals surface area contributed by atoms with Gasteiger partial charge in [-0.3, -0.25) is 4.79 Å². The SMILES string of the molecule is CC(N)(C(=O)CCCC1CCCO1)C1CC1. The standard InChI is InChI=1S/C13H23NO2/c1-13(14,10-7-8-10)12(15)6-2-4-11-5-3-9-16-11/h10-11H,2-9,14H2,1H3. The Balaban J connectivity index is 1.66. The molecule has 0 aromatic heterocycles. The molecule has 2 atom stereocenters. The highest BCUT2D eigenvalue weighted by Gasteiger charge is 2.43. The minimum absolute atomic E-state index is 0.244. The summed E-state index contributed by atoms with van der Waals surface area (Å²) >= 11 is 0. The number of hydrogen-bond donors (Lipinski definition) is 1. The highest BCUT2D eigenvalue weighted by molar-refractivity contribution is 5.88. The second-order valence-electron chi connectivity index (χ2n) is 5.51. The van der Waals surface area contributed by atoms with Gasteiger partial charge in [-0.15, -0.1) is 0 Å². The lowest BCUT2D eigenvalue weighted by molar-refractivity contribution is -0.124. The Kier molecular flexibility index (Phi) is 3.65. The lowest BCUT2D eigenvalue weighted by Gasteiger charge is -2.22. The van der Waals surface area contributed by atoms with Crippen molar-refractivity contribution in [2.45, 2.75) is 63.5 Å². The Labute approximate surface area is 97.7 Å². The summed E-state index contributed by atoms with van der Waals surface area (Å²) in [5, 5.41) is 0. The molecule has 2 fully saturated rings. The molecular formula is C13H23NO2. The van der Waals surface area contributed by atoms with Crippen molar-refractivity contribution < 1.29 is 9.53 Å². The smallest absolute Gasteiger partial charge is 0.152 e. The molecule has 2 rings (SSSR count). The third-order valence-electron chi connectivity index (χ3n) is 3.98. The van der Waals surface area contributed by atoms with E-state index in [0.29, 0.717) is 18.4 Å². The minimum atomic E-state index is -0.559. The zero-order chi connectivity index (χ0) is 11.6. The predicted octanol–water partition coefficient (Wildman–Crippen LogP) is 2.03. The molecule has 2 aliphatic rings. The summed E-state index contributed by atoms with van der Waals surface area (Å²) in [6, 6.07) is 0. The maximum absolute atomic E-state index is 12.0. The molecule has 16 heavy (non-hydrogen) atoms. The first-order valence-corrected chi connectivity index (χ1v) is 6.54. The van der Waals surface area contributed by atoms with E-state index in [9.17, 15) is 4.79 Å². The largest absolute Gasteiger partial charge is 0.378 e. The van der Waals surface area contributed by atoms with Crippen LogP contribution in [-0.2, 0) is 9.53 Å². The fourth-order valence-electron chi connectivity index (χ4n) is 2.54. The third kappa shape index (κ3) is 2.83. The highest BCUT2D eigenvalue weighted by atomic mass is 16.5. The summed E-state index contributed by atoms with van der Waals surface area (Å²) in [4.78, 5) is 12.0. The lowest BCUT2D eigenvalue weighted by atomic mass is 9.88. The fourth-order valence-corrected chi connectivity index (χ4v) is 2.54. The Hall–Kier alpha value is -0.410. The van der Waals surface area contributed by atoms with Crippen LogP contribution in [0.25, 0.3) is 0 Å². The van der Waals surface area contributed by atoms with Gasteiger partial charge in [0.05, 0.1) is 11.6 Å². The molecule has 3 nitrogen and oxygen atoms in total. The average Bonchev–Trinajstić information content (AvgIpc) is 2.99. The zero-order valence-corrected chi connectivity index (χ0v) is 10.2. The first-order valence-electron chi connectivity index (χ1n) is 6.54. The molecule has 1 saturated carbocycles. The minimum Gasteiger partial charge on any atom is -0.378 e. The maximum Gasteiger partial charge on any atom is 0.152 e. The summed E-state index contributed by atoms with van der Waals surface area (Å²) in [6.07, 6.45) is 7.58.